The Bertz CT molecular complexity index is 1840. The lowest BCUT2D eigenvalue weighted by molar-refractivity contribution is -0.360. The van der Waals surface area contributed by atoms with Crippen LogP contribution in [0.4, 0.5) is 30.7 Å². The average molecular weight is 798 g/mol. The van der Waals surface area contributed by atoms with E-state index in [4.69, 9.17) is 11.6 Å². The van der Waals surface area contributed by atoms with Crippen molar-refractivity contribution in [1.82, 2.24) is 35.1 Å². The summed E-state index contributed by atoms with van der Waals surface area (Å²) in [6.07, 6.45) is -3.34. The van der Waals surface area contributed by atoms with Gasteiger partial charge in [0.15, 0.2) is 17.3 Å². The highest BCUT2D eigenvalue weighted by Crippen LogP contribution is 2.51. The Morgan fingerprint density at radius 3 is 2.45 bits per heavy atom. The zero-order chi connectivity index (χ0) is 34.5. The molecule has 3 heterocycles. The van der Waals surface area contributed by atoms with Gasteiger partial charge in [-0.2, -0.15) is 50.8 Å². The molecule has 0 spiro atoms. The molecule has 1 fully saturated rings. The van der Waals surface area contributed by atoms with E-state index in [2.05, 4.69) is 48.2 Å². The van der Waals surface area contributed by atoms with Gasteiger partial charge in [0.05, 0.1) is 16.9 Å². The van der Waals surface area contributed by atoms with E-state index in [0.717, 1.165) is 21.1 Å². The molecule has 18 heteroatoms. The molecular weight excluding hydrogens is 774 g/mol. The second kappa shape index (κ2) is 12.8. The van der Waals surface area contributed by atoms with Crippen LogP contribution >= 0.6 is 34.2 Å². The Hall–Kier alpha value is -3.61. The summed E-state index contributed by atoms with van der Waals surface area (Å²) >= 11 is 8.39. The molecular formula is C29H24ClF7IN7O2. The zero-order valence-electron chi connectivity index (χ0n) is 24.4. The summed E-state index contributed by atoms with van der Waals surface area (Å²) in [7, 11) is 0. The number of hydrogen-bond donors (Lipinski definition) is 1. The SMILES string of the molecule is Cc1cc(I)cc(C(=O)NC(C)C2CC2)c1CC(=O)c1cc(Cn2ncc(C(F)(F)C(F)(F)C(F)(F)F)n2)nn1-c1ncccc1Cl. The first kappa shape index (κ1) is 34.7. The van der Waals surface area contributed by atoms with Gasteiger partial charge in [-0.3, -0.25) is 9.59 Å². The lowest BCUT2D eigenvalue weighted by Crippen LogP contribution is -2.50. The maximum Gasteiger partial charge on any atom is 0.460 e. The van der Waals surface area contributed by atoms with E-state index in [1.165, 1.54) is 24.4 Å². The number of ketones is 1. The molecule has 1 amide bonds. The second-order valence-corrected chi connectivity index (χ2v) is 12.7. The smallest absolute Gasteiger partial charge is 0.349 e. The standard InChI is InChI=1S/C29H24ClF7IN7O2/c1-14-8-17(38)9-20(26(47)41-15(2)16-5-6-16)19(14)11-23(46)22-10-18(42-45(22)25-21(30)4-3-7-39-25)13-44-40-12-24(43-44)27(31,32)28(33,34)29(35,36)37/h3-4,7-10,12,15-16H,5-6,11,13H2,1-2H3,(H,41,47). The maximum atomic E-state index is 14.2. The number of benzene rings is 1. The van der Waals surface area contributed by atoms with Gasteiger partial charge in [0.1, 0.15) is 12.2 Å². The summed E-state index contributed by atoms with van der Waals surface area (Å²) in [4.78, 5) is 31.8. The van der Waals surface area contributed by atoms with Crippen LogP contribution in [0.5, 0.6) is 0 Å². The highest BCUT2D eigenvalue weighted by Gasteiger charge is 2.74. The van der Waals surface area contributed by atoms with Gasteiger partial charge in [-0.1, -0.05) is 11.6 Å². The Morgan fingerprint density at radius 1 is 1.11 bits per heavy atom. The summed E-state index contributed by atoms with van der Waals surface area (Å²) in [5.41, 5.74) is -0.664. The number of Topliss-reactive ketones (excluding diaryl/α,β-unsaturated/α-hetero) is 1. The van der Waals surface area contributed by atoms with Crippen LogP contribution < -0.4 is 5.32 Å². The number of alkyl halides is 7. The van der Waals surface area contributed by atoms with E-state index in [-0.39, 0.29) is 46.8 Å². The van der Waals surface area contributed by atoms with Crippen molar-refractivity contribution in [2.75, 3.05) is 0 Å². The molecule has 0 saturated heterocycles. The largest absolute Gasteiger partial charge is 0.460 e. The van der Waals surface area contributed by atoms with Crippen LogP contribution in [-0.2, 0) is 18.9 Å². The number of amides is 1. The van der Waals surface area contributed by atoms with E-state index < -0.39 is 36.0 Å². The number of pyridine rings is 1. The molecule has 3 aromatic heterocycles. The Kier molecular flexibility index (Phi) is 9.44. The molecule has 1 aromatic carbocycles. The van der Waals surface area contributed by atoms with Gasteiger partial charge in [-0.15, -0.1) is 0 Å². The van der Waals surface area contributed by atoms with Crippen molar-refractivity contribution in [3.63, 3.8) is 0 Å². The van der Waals surface area contributed by atoms with E-state index >= 15 is 0 Å². The highest BCUT2D eigenvalue weighted by atomic mass is 127. The van der Waals surface area contributed by atoms with E-state index in [9.17, 15) is 40.3 Å². The van der Waals surface area contributed by atoms with Gasteiger partial charge in [0, 0.05) is 27.8 Å². The van der Waals surface area contributed by atoms with Crippen LogP contribution in [0.1, 0.15) is 63.1 Å². The van der Waals surface area contributed by atoms with Crippen molar-refractivity contribution >= 4 is 45.9 Å². The number of nitrogens with zero attached hydrogens (tertiary/aromatic N) is 6. The summed E-state index contributed by atoms with van der Waals surface area (Å²) < 4.78 is 95.4. The van der Waals surface area contributed by atoms with Crippen molar-refractivity contribution in [3.8, 4) is 5.82 Å². The quantitative estimate of drug-likeness (QED) is 0.103. The summed E-state index contributed by atoms with van der Waals surface area (Å²) in [5.74, 6) is -12.6. The van der Waals surface area contributed by atoms with Gasteiger partial charge < -0.3 is 5.32 Å². The Labute approximate surface area is 281 Å². The van der Waals surface area contributed by atoms with Crippen LogP contribution in [0.3, 0.4) is 0 Å². The van der Waals surface area contributed by atoms with Crippen molar-refractivity contribution < 1.29 is 40.3 Å². The van der Waals surface area contributed by atoms with Crippen LogP contribution in [0.15, 0.2) is 42.7 Å². The normalized spacial score (nSPS) is 14.7. The molecule has 47 heavy (non-hydrogen) atoms. The van der Waals surface area contributed by atoms with Gasteiger partial charge in [0.2, 0.25) is 0 Å². The van der Waals surface area contributed by atoms with E-state index in [1.54, 1.807) is 13.0 Å². The molecule has 0 bridgehead atoms. The highest BCUT2D eigenvalue weighted by molar-refractivity contribution is 14.1. The first-order chi connectivity index (χ1) is 21.9. The van der Waals surface area contributed by atoms with Crippen molar-refractivity contribution in [1.29, 1.82) is 0 Å². The molecule has 1 saturated carbocycles. The summed E-state index contributed by atoms with van der Waals surface area (Å²) in [6, 6.07) is 7.64. The van der Waals surface area contributed by atoms with Crippen LogP contribution in [0.25, 0.3) is 5.82 Å². The van der Waals surface area contributed by atoms with Crippen LogP contribution in [0.2, 0.25) is 5.02 Å². The van der Waals surface area contributed by atoms with Gasteiger partial charge >= 0.3 is 18.0 Å². The number of aromatic nitrogens is 6. The lowest BCUT2D eigenvalue weighted by Gasteiger charge is -2.26. The number of carbonyl (C=O) groups is 2. The third-order valence-electron chi connectivity index (χ3n) is 7.60. The minimum Gasteiger partial charge on any atom is -0.349 e. The molecule has 1 atom stereocenters. The zero-order valence-corrected chi connectivity index (χ0v) is 27.3. The minimum absolute atomic E-state index is 0.00443. The molecule has 250 valence electrons. The molecule has 1 N–H and O–H groups in total. The number of rotatable bonds is 11. The molecule has 5 rings (SSSR count). The number of aryl methyl sites for hydroxylation is 1. The minimum atomic E-state index is -6.55. The number of hydrogen-bond acceptors (Lipinski definition) is 6. The molecule has 0 radical (unpaired) electrons. The van der Waals surface area contributed by atoms with Gasteiger partial charge in [-0.05, 0) is 96.7 Å². The van der Waals surface area contributed by atoms with Crippen LogP contribution in [-0.4, -0.2) is 59.6 Å². The number of nitrogens with one attached hydrogen (secondary N) is 1. The first-order valence-corrected chi connectivity index (χ1v) is 15.4. The molecule has 1 aliphatic carbocycles. The maximum absolute atomic E-state index is 14.2. The van der Waals surface area contributed by atoms with Crippen molar-refractivity contribution in [2.24, 2.45) is 5.92 Å². The van der Waals surface area contributed by atoms with Crippen molar-refractivity contribution in [2.45, 2.75) is 63.7 Å². The average Bonchev–Trinajstić information content (AvgIpc) is 3.59. The predicted octanol–water partition coefficient (Wildman–Crippen LogP) is 6.72. The third-order valence-corrected chi connectivity index (χ3v) is 8.52. The fourth-order valence-corrected chi connectivity index (χ4v) is 5.84. The third kappa shape index (κ3) is 7.00. The topological polar surface area (TPSA) is 108 Å². The molecule has 4 aromatic rings. The van der Waals surface area contributed by atoms with Gasteiger partial charge in [-0.25, -0.2) is 9.67 Å². The fourth-order valence-electron chi connectivity index (χ4n) is 4.86. The monoisotopic (exact) mass is 797 g/mol. The van der Waals surface area contributed by atoms with Crippen LogP contribution in [0, 0.1) is 16.4 Å². The molecule has 9 nitrogen and oxygen atoms in total. The lowest BCUT2D eigenvalue weighted by atomic mass is 9.95. The molecule has 1 aliphatic rings. The predicted molar refractivity (Wildman–Crippen MR) is 162 cm³/mol. The summed E-state index contributed by atoms with van der Waals surface area (Å²) in [5, 5.41) is 13.9. The fraction of sp³-hybridized carbons (Fsp3) is 0.379. The Balaban J connectivity index is 1.48. The first-order valence-electron chi connectivity index (χ1n) is 14.0. The van der Waals surface area contributed by atoms with E-state index in [0.29, 0.717) is 27.4 Å². The Morgan fingerprint density at radius 2 is 1.81 bits per heavy atom. The number of halogens is 9. The van der Waals surface area contributed by atoms with Crippen molar-refractivity contribution in [3.05, 3.63) is 85.1 Å². The number of carbonyl (C=O) groups excluding carboxylic acids is 2. The molecule has 1 unspecified atom stereocenters. The van der Waals surface area contributed by atoms with E-state index in [1.807, 2.05) is 13.0 Å². The molecule has 0 aliphatic heterocycles. The van der Waals surface area contributed by atoms with Gasteiger partial charge in [0.25, 0.3) is 5.91 Å². The summed E-state index contributed by atoms with van der Waals surface area (Å²) in [6.45, 7) is 3.06. The second-order valence-electron chi connectivity index (χ2n) is 11.1.